The normalized spacial score (nSPS) is 12.0. The highest BCUT2D eigenvalue weighted by molar-refractivity contribution is 7.20. The van der Waals surface area contributed by atoms with Gasteiger partial charge in [-0.1, -0.05) is 357 Å². The molecule has 1 aromatic heterocycles. The maximum atomic E-state index is 5.89. The third-order valence-electron chi connectivity index (χ3n) is 17.8. The maximum Gasteiger partial charge on any atom is 0.331 e. The zero-order valence-electron chi connectivity index (χ0n) is 48.6. The van der Waals surface area contributed by atoms with Gasteiger partial charge in [-0.2, -0.15) is 0 Å². The van der Waals surface area contributed by atoms with E-state index in [2.05, 4.69) is 369 Å². The number of hydrogen-bond donors (Lipinski definition) is 0. The van der Waals surface area contributed by atoms with Crippen LogP contribution >= 0.6 is 0 Å². The van der Waals surface area contributed by atoms with Gasteiger partial charge in [0.1, 0.15) is 0 Å². The highest BCUT2D eigenvalue weighted by Gasteiger charge is 2.44. The molecule has 1 aliphatic rings. The van der Waals surface area contributed by atoms with Crippen molar-refractivity contribution in [2.24, 2.45) is 0 Å². The van der Waals surface area contributed by atoms with Gasteiger partial charge in [-0.15, -0.1) is 0 Å². The van der Waals surface area contributed by atoms with Crippen molar-refractivity contribution in [1.82, 2.24) is 9.97 Å². The van der Waals surface area contributed by atoms with Crippen LogP contribution in [0.25, 0.3) is 55.9 Å². The largest absolute Gasteiger partial charge is 0.345 e. The quantitative estimate of drug-likeness (QED) is 0.0803. The van der Waals surface area contributed by atoms with Gasteiger partial charge in [0.15, 0.2) is 16.1 Å². The van der Waals surface area contributed by atoms with Gasteiger partial charge in [0.2, 0.25) is 5.95 Å². The van der Waals surface area contributed by atoms with E-state index in [9.17, 15) is 0 Å². The first-order valence-corrected chi connectivity index (χ1v) is 34.3. The second kappa shape index (κ2) is 23.6. The SMILES string of the molecule is c1ccc(B2c3ccccc3-c3ccccc3N2c2nc(-c3cccc([Si](c4ccccc4)(c4ccccc4)c4cccc(-c5ccccc5)c4)c3)cc(-c3cccc([Si](c4ccccc4)(c4ccccc4)c4cccc(-c5ccccc5)c4)c3)n2)cc1. The highest BCUT2D eigenvalue weighted by Crippen LogP contribution is 2.40. The summed E-state index contributed by atoms with van der Waals surface area (Å²) in [5.41, 5.74) is 14.2. The Morgan fingerprint density at radius 1 is 0.239 bits per heavy atom. The number of aromatic nitrogens is 2. The van der Waals surface area contributed by atoms with E-state index in [1.165, 1.54) is 74.8 Å². The summed E-state index contributed by atoms with van der Waals surface area (Å²) < 4.78 is 0. The van der Waals surface area contributed by atoms with Gasteiger partial charge in [0, 0.05) is 22.4 Å². The molecule has 14 aromatic rings. The standard InChI is InChI=1S/C82H60BN3Si2/c1-8-30-61(31-9-1)63-34-26-48-72(56-63)87(68-40-14-4-15-41-68,69-42-16-5-17-43-69)74-50-28-36-65(58-74)79-60-80(85-82(84-79)86-81-55-25-23-53-77(81)76-52-22-24-54-78(76)83(86)67-38-12-3-13-39-67)66-37-29-51-75(59-66)88(70-44-18-6-19-45-70,71-46-20-7-21-47-71)73-49-27-35-64(57-73)62-32-10-2-11-33-62/h1-60H. The number of nitrogens with zero attached hydrogens (tertiary/aromatic N) is 3. The van der Waals surface area contributed by atoms with Crippen molar-refractivity contribution in [3.05, 3.63) is 364 Å². The summed E-state index contributed by atoms with van der Waals surface area (Å²) in [5, 5.41) is 10.3. The molecule has 13 aromatic carbocycles. The second-order valence-electron chi connectivity index (χ2n) is 22.7. The third-order valence-corrected chi connectivity index (χ3v) is 27.3. The minimum Gasteiger partial charge on any atom is -0.345 e. The van der Waals surface area contributed by atoms with Crippen molar-refractivity contribution >= 4 is 87.1 Å². The number of anilines is 2. The van der Waals surface area contributed by atoms with Crippen LogP contribution in [0.4, 0.5) is 11.6 Å². The zero-order valence-corrected chi connectivity index (χ0v) is 50.6. The Balaban J connectivity index is 0.994. The molecule has 0 atom stereocenters. The lowest BCUT2D eigenvalue weighted by Crippen LogP contribution is -2.74. The van der Waals surface area contributed by atoms with Crippen LogP contribution < -0.4 is 57.2 Å². The summed E-state index contributed by atoms with van der Waals surface area (Å²) >= 11 is 0. The molecule has 0 spiro atoms. The molecule has 0 N–H and O–H groups in total. The summed E-state index contributed by atoms with van der Waals surface area (Å²) in [7, 11) is -6.19. The predicted molar refractivity (Wildman–Crippen MR) is 376 cm³/mol. The number of fused-ring (bicyclic) bond motifs is 3. The molecule has 0 bridgehead atoms. The molecule has 0 aliphatic carbocycles. The summed E-state index contributed by atoms with van der Waals surface area (Å²) in [6.45, 7) is -0.241. The van der Waals surface area contributed by atoms with Gasteiger partial charge in [-0.25, -0.2) is 9.97 Å². The Kier molecular flexibility index (Phi) is 14.5. The number of benzene rings is 13. The van der Waals surface area contributed by atoms with Crippen LogP contribution in [0.5, 0.6) is 0 Å². The summed E-state index contributed by atoms with van der Waals surface area (Å²) in [5.74, 6) is 0.620. The van der Waals surface area contributed by atoms with Crippen molar-refractivity contribution in [3.8, 4) is 55.9 Å². The molecule has 15 rings (SSSR count). The fraction of sp³-hybridized carbons (Fsp3) is 0. The molecule has 0 unspecified atom stereocenters. The molecule has 6 heteroatoms. The van der Waals surface area contributed by atoms with Gasteiger partial charge < -0.3 is 4.81 Å². The van der Waals surface area contributed by atoms with Crippen LogP contribution in [0.3, 0.4) is 0 Å². The maximum absolute atomic E-state index is 5.89. The van der Waals surface area contributed by atoms with Gasteiger partial charge >= 0.3 is 6.85 Å². The van der Waals surface area contributed by atoms with E-state index in [0.717, 1.165) is 39.2 Å². The molecule has 0 radical (unpaired) electrons. The van der Waals surface area contributed by atoms with E-state index < -0.39 is 16.1 Å². The first-order chi connectivity index (χ1) is 43.6. The first kappa shape index (κ1) is 53.9. The summed E-state index contributed by atoms with van der Waals surface area (Å²) in [6.07, 6.45) is 0. The second-order valence-corrected chi connectivity index (χ2v) is 30.4. The number of para-hydroxylation sites is 1. The monoisotopic (exact) mass is 1150 g/mol. The Morgan fingerprint density at radius 3 is 0.966 bits per heavy atom. The van der Waals surface area contributed by atoms with E-state index in [0.29, 0.717) is 5.95 Å². The smallest absolute Gasteiger partial charge is 0.331 e. The van der Waals surface area contributed by atoms with Crippen LogP contribution in [-0.2, 0) is 0 Å². The van der Waals surface area contributed by atoms with Crippen molar-refractivity contribution < 1.29 is 0 Å². The van der Waals surface area contributed by atoms with E-state index in [-0.39, 0.29) is 6.85 Å². The summed E-state index contributed by atoms with van der Waals surface area (Å²) in [4.78, 5) is 14.2. The molecule has 88 heavy (non-hydrogen) atoms. The van der Waals surface area contributed by atoms with Crippen LogP contribution in [0.2, 0.25) is 0 Å². The van der Waals surface area contributed by atoms with Crippen LogP contribution in [-0.4, -0.2) is 33.0 Å². The molecular weight excluding hydrogens is 1090 g/mol. The van der Waals surface area contributed by atoms with Crippen molar-refractivity contribution in [1.29, 1.82) is 0 Å². The average molecular weight is 1150 g/mol. The van der Waals surface area contributed by atoms with Gasteiger partial charge in [0.25, 0.3) is 0 Å². The molecule has 0 saturated carbocycles. The molecule has 2 heterocycles. The molecule has 0 amide bonds. The highest BCUT2D eigenvalue weighted by atomic mass is 28.3. The lowest BCUT2D eigenvalue weighted by Gasteiger charge is -2.37. The van der Waals surface area contributed by atoms with Gasteiger partial charge in [-0.3, -0.25) is 0 Å². The van der Waals surface area contributed by atoms with Crippen LogP contribution in [0, 0.1) is 0 Å². The molecule has 0 saturated heterocycles. The van der Waals surface area contributed by atoms with E-state index in [4.69, 9.17) is 9.97 Å². The fourth-order valence-corrected chi connectivity index (χ4v) is 23.5. The van der Waals surface area contributed by atoms with Crippen molar-refractivity contribution in [3.63, 3.8) is 0 Å². The van der Waals surface area contributed by atoms with E-state index >= 15 is 0 Å². The van der Waals surface area contributed by atoms with E-state index in [1.807, 2.05) is 0 Å². The Morgan fingerprint density at radius 2 is 0.545 bits per heavy atom. The van der Waals surface area contributed by atoms with Crippen LogP contribution in [0.15, 0.2) is 364 Å². The molecule has 414 valence electrons. The average Bonchev–Trinajstić information content (AvgIpc) is 0.837. The first-order valence-electron chi connectivity index (χ1n) is 30.3. The lowest BCUT2D eigenvalue weighted by molar-refractivity contribution is 1.12. The van der Waals surface area contributed by atoms with Crippen LogP contribution in [0.1, 0.15) is 0 Å². The van der Waals surface area contributed by atoms with Crippen molar-refractivity contribution in [2.45, 2.75) is 0 Å². The predicted octanol–water partition coefficient (Wildman–Crippen LogP) is 12.8. The topological polar surface area (TPSA) is 29.0 Å². The lowest BCUT2D eigenvalue weighted by atomic mass is 9.46. The zero-order chi connectivity index (χ0) is 58.7. The minimum atomic E-state index is -3.09. The third kappa shape index (κ3) is 9.66. The summed E-state index contributed by atoms with van der Waals surface area (Å²) in [6, 6.07) is 134. The number of hydrogen-bond acceptors (Lipinski definition) is 3. The molecule has 1 aliphatic heterocycles. The molecule has 3 nitrogen and oxygen atoms in total. The Bertz CT molecular complexity index is 4440. The van der Waals surface area contributed by atoms with Gasteiger partial charge in [0.05, 0.1) is 11.4 Å². The van der Waals surface area contributed by atoms with Gasteiger partial charge in [-0.05, 0) is 86.9 Å². The fourth-order valence-electron chi connectivity index (χ4n) is 13.9. The molecular formula is C82H60BN3Si2. The molecule has 0 fully saturated rings. The Hall–Kier alpha value is -10.8. The van der Waals surface area contributed by atoms with E-state index in [1.54, 1.807) is 0 Å². The van der Waals surface area contributed by atoms with Crippen molar-refractivity contribution in [2.75, 3.05) is 4.81 Å². The minimum absolute atomic E-state index is 0.241. The number of rotatable bonds is 14. The Labute approximate surface area is 518 Å².